The Morgan fingerprint density at radius 3 is 2.49 bits per heavy atom. The second kappa shape index (κ2) is 10.6. The zero-order valence-corrected chi connectivity index (χ0v) is 21.8. The third-order valence-corrected chi connectivity index (χ3v) is 8.20. The summed E-state index contributed by atoms with van der Waals surface area (Å²) in [6.45, 7) is 4.84. The van der Waals surface area contributed by atoms with Gasteiger partial charge in [-0.2, -0.15) is 0 Å². The summed E-state index contributed by atoms with van der Waals surface area (Å²) >= 11 is 0. The van der Waals surface area contributed by atoms with Crippen molar-refractivity contribution in [3.05, 3.63) is 71.5 Å². The predicted molar refractivity (Wildman–Crippen MR) is 138 cm³/mol. The maximum Gasteiger partial charge on any atom is 0.231 e. The minimum Gasteiger partial charge on any atom is -0.376 e. The SMILES string of the molecule is CN1CC(c2ccccc2)C2(CCCN(C(=O)[C@@H](COCc3ccc(F)cc3)C(C)(C)C(N)=O)C2)C1=O. The van der Waals surface area contributed by atoms with Crippen molar-refractivity contribution in [2.45, 2.75) is 39.2 Å². The summed E-state index contributed by atoms with van der Waals surface area (Å²) in [6, 6.07) is 15.9. The fourth-order valence-electron chi connectivity index (χ4n) is 5.76. The van der Waals surface area contributed by atoms with Gasteiger partial charge >= 0.3 is 0 Å². The van der Waals surface area contributed by atoms with E-state index in [1.165, 1.54) is 12.1 Å². The van der Waals surface area contributed by atoms with Crippen molar-refractivity contribution in [1.29, 1.82) is 0 Å². The summed E-state index contributed by atoms with van der Waals surface area (Å²) in [7, 11) is 1.82. The van der Waals surface area contributed by atoms with E-state index in [1.807, 2.05) is 37.4 Å². The van der Waals surface area contributed by atoms with Crippen LogP contribution in [0.5, 0.6) is 0 Å². The van der Waals surface area contributed by atoms with E-state index >= 15 is 0 Å². The molecule has 2 fully saturated rings. The first kappa shape index (κ1) is 26.8. The van der Waals surface area contributed by atoms with Crippen LogP contribution in [0.4, 0.5) is 4.39 Å². The van der Waals surface area contributed by atoms with E-state index in [-0.39, 0.29) is 43.3 Å². The Balaban J connectivity index is 1.56. The number of carbonyl (C=O) groups excluding carboxylic acids is 3. The van der Waals surface area contributed by atoms with Gasteiger partial charge in [0.15, 0.2) is 0 Å². The van der Waals surface area contributed by atoms with Crippen molar-refractivity contribution < 1.29 is 23.5 Å². The molecule has 37 heavy (non-hydrogen) atoms. The molecular weight excluding hydrogens is 473 g/mol. The fourth-order valence-corrected chi connectivity index (χ4v) is 5.76. The van der Waals surface area contributed by atoms with E-state index in [2.05, 4.69) is 0 Å². The molecule has 3 amide bonds. The van der Waals surface area contributed by atoms with Crippen molar-refractivity contribution in [2.24, 2.45) is 22.5 Å². The molecule has 0 radical (unpaired) electrons. The van der Waals surface area contributed by atoms with Gasteiger partial charge in [0.25, 0.3) is 0 Å². The van der Waals surface area contributed by atoms with Gasteiger partial charge in [-0.1, -0.05) is 56.3 Å². The van der Waals surface area contributed by atoms with E-state index < -0.39 is 22.7 Å². The third-order valence-electron chi connectivity index (χ3n) is 8.20. The lowest BCUT2D eigenvalue weighted by Crippen LogP contribution is -2.56. The number of likely N-dealkylation sites (tertiary alicyclic amines) is 2. The zero-order valence-electron chi connectivity index (χ0n) is 21.8. The lowest BCUT2D eigenvalue weighted by atomic mass is 9.68. The molecule has 0 aliphatic carbocycles. The molecule has 2 unspecified atom stereocenters. The van der Waals surface area contributed by atoms with Crippen LogP contribution < -0.4 is 5.73 Å². The van der Waals surface area contributed by atoms with Crippen LogP contribution in [0.15, 0.2) is 54.6 Å². The highest BCUT2D eigenvalue weighted by Crippen LogP contribution is 2.49. The van der Waals surface area contributed by atoms with E-state index in [1.54, 1.807) is 35.8 Å². The molecule has 2 aromatic carbocycles. The first-order chi connectivity index (χ1) is 17.6. The van der Waals surface area contributed by atoms with E-state index in [0.717, 1.165) is 11.1 Å². The minimum atomic E-state index is -1.17. The van der Waals surface area contributed by atoms with Crippen LogP contribution in [0.25, 0.3) is 0 Å². The van der Waals surface area contributed by atoms with Crippen LogP contribution >= 0.6 is 0 Å². The Kier molecular flexibility index (Phi) is 7.69. The van der Waals surface area contributed by atoms with Gasteiger partial charge in [-0.15, -0.1) is 0 Å². The van der Waals surface area contributed by atoms with Gasteiger partial charge in [0.05, 0.1) is 30.0 Å². The number of hydrogen-bond donors (Lipinski definition) is 1. The Hall–Kier alpha value is -3.26. The second-order valence-corrected chi connectivity index (χ2v) is 10.9. The molecule has 0 saturated carbocycles. The molecular formula is C29H36FN3O4. The highest BCUT2D eigenvalue weighted by Gasteiger charge is 2.56. The van der Waals surface area contributed by atoms with Crippen LogP contribution in [0.3, 0.4) is 0 Å². The molecule has 2 aliphatic heterocycles. The number of piperidine rings is 1. The number of halogens is 1. The largest absolute Gasteiger partial charge is 0.376 e. The third kappa shape index (κ3) is 5.25. The summed E-state index contributed by atoms with van der Waals surface area (Å²) in [4.78, 5) is 43.4. The quantitative estimate of drug-likeness (QED) is 0.591. The number of carbonyl (C=O) groups is 3. The molecule has 2 aromatic rings. The number of ether oxygens (including phenoxy) is 1. The van der Waals surface area contributed by atoms with Gasteiger partial charge in [0, 0.05) is 32.6 Å². The molecule has 2 N–H and O–H groups in total. The van der Waals surface area contributed by atoms with Crippen LogP contribution in [0, 0.1) is 22.6 Å². The van der Waals surface area contributed by atoms with Crippen molar-refractivity contribution >= 4 is 17.7 Å². The zero-order chi connectivity index (χ0) is 26.8. The number of hydrogen-bond acceptors (Lipinski definition) is 4. The van der Waals surface area contributed by atoms with E-state index in [0.29, 0.717) is 25.9 Å². The molecule has 198 valence electrons. The molecule has 0 aromatic heterocycles. The van der Waals surface area contributed by atoms with Crippen LogP contribution in [0.2, 0.25) is 0 Å². The smallest absolute Gasteiger partial charge is 0.231 e. The molecule has 2 saturated heterocycles. The van der Waals surface area contributed by atoms with E-state index in [4.69, 9.17) is 10.5 Å². The maximum absolute atomic E-state index is 14.0. The molecule has 4 rings (SSSR count). The molecule has 1 spiro atoms. The monoisotopic (exact) mass is 509 g/mol. The summed E-state index contributed by atoms with van der Waals surface area (Å²) in [5.74, 6) is -1.98. The van der Waals surface area contributed by atoms with Gasteiger partial charge in [-0.3, -0.25) is 14.4 Å². The van der Waals surface area contributed by atoms with Crippen molar-refractivity contribution in [2.75, 3.05) is 33.3 Å². The van der Waals surface area contributed by atoms with Crippen molar-refractivity contribution in [3.8, 4) is 0 Å². The van der Waals surface area contributed by atoms with Gasteiger partial charge in [0.1, 0.15) is 5.82 Å². The Bertz CT molecular complexity index is 1140. The molecule has 0 bridgehead atoms. The fraction of sp³-hybridized carbons (Fsp3) is 0.483. The number of likely N-dealkylation sites (N-methyl/N-ethyl adjacent to an activating group) is 1. The minimum absolute atomic E-state index is 0.0222. The number of benzene rings is 2. The highest BCUT2D eigenvalue weighted by molar-refractivity contribution is 5.91. The molecule has 7 nitrogen and oxygen atoms in total. The Morgan fingerprint density at radius 2 is 1.84 bits per heavy atom. The first-order valence-corrected chi connectivity index (χ1v) is 12.8. The average molecular weight is 510 g/mol. The van der Waals surface area contributed by atoms with Crippen LogP contribution in [0.1, 0.15) is 43.7 Å². The molecule has 2 heterocycles. The lowest BCUT2D eigenvalue weighted by molar-refractivity contribution is -0.154. The Morgan fingerprint density at radius 1 is 1.16 bits per heavy atom. The topological polar surface area (TPSA) is 92.9 Å². The van der Waals surface area contributed by atoms with Crippen molar-refractivity contribution in [1.82, 2.24) is 9.80 Å². The van der Waals surface area contributed by atoms with Gasteiger partial charge in [0.2, 0.25) is 17.7 Å². The average Bonchev–Trinajstić information content (AvgIpc) is 3.12. The van der Waals surface area contributed by atoms with Crippen molar-refractivity contribution in [3.63, 3.8) is 0 Å². The van der Waals surface area contributed by atoms with E-state index in [9.17, 15) is 18.8 Å². The van der Waals surface area contributed by atoms with Crippen LogP contribution in [-0.4, -0.2) is 60.8 Å². The summed E-state index contributed by atoms with van der Waals surface area (Å²) in [6.07, 6.45) is 1.39. The number of nitrogens with zero attached hydrogens (tertiary/aromatic N) is 2. The summed E-state index contributed by atoms with van der Waals surface area (Å²) in [5, 5.41) is 0. The number of nitrogens with two attached hydrogens (primary N) is 1. The second-order valence-electron chi connectivity index (χ2n) is 10.9. The number of primary amides is 1. The normalized spacial score (nSPS) is 22.9. The highest BCUT2D eigenvalue weighted by atomic mass is 19.1. The summed E-state index contributed by atoms with van der Waals surface area (Å²) < 4.78 is 19.1. The van der Waals surface area contributed by atoms with Gasteiger partial charge in [-0.25, -0.2) is 4.39 Å². The van der Waals surface area contributed by atoms with Gasteiger partial charge in [-0.05, 0) is 36.1 Å². The molecule has 2 aliphatic rings. The Labute approximate surface area is 217 Å². The number of amides is 3. The summed E-state index contributed by atoms with van der Waals surface area (Å²) in [5.41, 5.74) is 5.69. The first-order valence-electron chi connectivity index (χ1n) is 12.8. The molecule has 3 atom stereocenters. The van der Waals surface area contributed by atoms with Crippen LogP contribution in [-0.2, 0) is 25.7 Å². The predicted octanol–water partition coefficient (Wildman–Crippen LogP) is 3.33. The standard InChI is InChI=1S/C29H36FN3O4/c1-28(2,26(31)35)24(18-37-17-20-10-12-22(30)13-11-20)25(34)33-15-7-14-29(19-33)23(16-32(3)27(29)36)21-8-5-4-6-9-21/h4-6,8-13,23-24H,7,14-19H2,1-3H3,(H2,31,35)/t23?,24-,29?/m1/s1. The maximum atomic E-state index is 14.0. The molecule has 8 heteroatoms. The lowest BCUT2D eigenvalue weighted by Gasteiger charge is -2.44. The number of rotatable bonds is 8. The van der Waals surface area contributed by atoms with Gasteiger partial charge < -0.3 is 20.3 Å².